The van der Waals surface area contributed by atoms with Gasteiger partial charge in [0.15, 0.2) is 0 Å². The number of nitrogens with zero attached hydrogens (tertiary/aromatic N) is 2. The molecule has 2 unspecified atom stereocenters. The third-order valence-electron chi connectivity index (χ3n) is 3.50. The molecule has 0 aliphatic carbocycles. The largest absolute Gasteiger partial charge is 0.302 e. The van der Waals surface area contributed by atoms with Gasteiger partial charge in [-0.1, -0.05) is 13.8 Å². The van der Waals surface area contributed by atoms with E-state index in [0.717, 1.165) is 13.1 Å². The summed E-state index contributed by atoms with van der Waals surface area (Å²) >= 11 is 0. The molecule has 3 nitrogen and oxygen atoms in total. The second-order valence-electron chi connectivity index (χ2n) is 5.12. The topological polar surface area (TPSA) is 39.1 Å². The van der Waals surface area contributed by atoms with Gasteiger partial charge in [-0.15, -0.1) is 0 Å². The Labute approximate surface area is 93.5 Å². The van der Waals surface area contributed by atoms with Crippen molar-refractivity contribution >= 4 is 0 Å². The molecule has 0 radical (unpaired) electrons. The van der Waals surface area contributed by atoms with Crippen LogP contribution < -0.4 is 5.32 Å². The van der Waals surface area contributed by atoms with Crippen LogP contribution in [-0.4, -0.2) is 36.6 Å². The van der Waals surface area contributed by atoms with E-state index in [-0.39, 0.29) is 0 Å². The highest BCUT2D eigenvalue weighted by Crippen LogP contribution is 2.25. The molecule has 15 heavy (non-hydrogen) atoms. The van der Waals surface area contributed by atoms with Gasteiger partial charge in [-0.05, 0) is 39.3 Å². The van der Waals surface area contributed by atoms with Crippen molar-refractivity contribution in [2.45, 2.75) is 45.2 Å². The van der Waals surface area contributed by atoms with Crippen LogP contribution >= 0.6 is 0 Å². The van der Waals surface area contributed by atoms with Crippen LogP contribution in [0.15, 0.2) is 0 Å². The number of hydrogen-bond donors (Lipinski definition) is 1. The summed E-state index contributed by atoms with van der Waals surface area (Å²) in [5.41, 5.74) is -0.405. The first kappa shape index (κ1) is 12.5. The summed E-state index contributed by atoms with van der Waals surface area (Å²) in [4.78, 5) is 2.46. The van der Waals surface area contributed by atoms with Crippen molar-refractivity contribution in [3.05, 3.63) is 0 Å². The molecule has 1 saturated heterocycles. The SMILES string of the molecule is CNC(C)(C#N)CN1CCCC1C(C)C. The van der Waals surface area contributed by atoms with Crippen LogP contribution in [0.25, 0.3) is 0 Å². The van der Waals surface area contributed by atoms with Crippen molar-refractivity contribution in [3.8, 4) is 6.07 Å². The number of likely N-dealkylation sites (N-methyl/N-ethyl adjacent to an activating group) is 1. The standard InChI is InChI=1S/C12H23N3/c1-10(2)11-6-5-7-15(11)9-12(3,8-13)14-4/h10-11,14H,5-7,9H2,1-4H3. The summed E-state index contributed by atoms with van der Waals surface area (Å²) in [6, 6.07) is 3.02. The van der Waals surface area contributed by atoms with Gasteiger partial charge in [-0.25, -0.2) is 0 Å². The van der Waals surface area contributed by atoms with Gasteiger partial charge in [0.05, 0.1) is 6.07 Å². The highest BCUT2D eigenvalue weighted by molar-refractivity contribution is 5.06. The molecular weight excluding hydrogens is 186 g/mol. The Balaban J connectivity index is 2.61. The van der Waals surface area contributed by atoms with Crippen LogP contribution in [0.1, 0.15) is 33.6 Å². The lowest BCUT2D eigenvalue weighted by atomic mass is 9.99. The molecule has 1 rings (SSSR count). The third kappa shape index (κ3) is 2.93. The molecule has 0 amide bonds. The van der Waals surface area contributed by atoms with Gasteiger partial charge in [0, 0.05) is 12.6 Å². The number of rotatable bonds is 4. The number of nitrogens with one attached hydrogen (secondary N) is 1. The van der Waals surface area contributed by atoms with E-state index in [1.165, 1.54) is 12.8 Å². The molecule has 3 heteroatoms. The Morgan fingerprint density at radius 2 is 2.27 bits per heavy atom. The monoisotopic (exact) mass is 209 g/mol. The van der Waals surface area contributed by atoms with Crippen LogP contribution in [0.4, 0.5) is 0 Å². The van der Waals surface area contributed by atoms with Crippen molar-refractivity contribution in [3.63, 3.8) is 0 Å². The van der Waals surface area contributed by atoms with Gasteiger partial charge in [0.2, 0.25) is 0 Å². The van der Waals surface area contributed by atoms with E-state index >= 15 is 0 Å². The lowest BCUT2D eigenvalue weighted by Gasteiger charge is -2.33. The number of nitriles is 1. The second kappa shape index (κ2) is 4.96. The van der Waals surface area contributed by atoms with Gasteiger partial charge in [-0.2, -0.15) is 5.26 Å². The van der Waals surface area contributed by atoms with E-state index in [1.54, 1.807) is 0 Å². The van der Waals surface area contributed by atoms with Crippen molar-refractivity contribution in [1.29, 1.82) is 5.26 Å². The summed E-state index contributed by atoms with van der Waals surface area (Å²) in [6.07, 6.45) is 2.55. The minimum atomic E-state index is -0.405. The molecule has 0 spiro atoms. The molecule has 1 fully saturated rings. The first-order valence-corrected chi connectivity index (χ1v) is 5.86. The molecule has 0 aromatic rings. The predicted molar refractivity (Wildman–Crippen MR) is 62.5 cm³/mol. The Hall–Kier alpha value is -0.590. The van der Waals surface area contributed by atoms with Gasteiger partial charge >= 0.3 is 0 Å². The minimum Gasteiger partial charge on any atom is -0.302 e. The van der Waals surface area contributed by atoms with Gasteiger partial charge < -0.3 is 5.32 Å². The maximum Gasteiger partial charge on any atom is 0.116 e. The molecule has 86 valence electrons. The Bertz CT molecular complexity index is 244. The van der Waals surface area contributed by atoms with Crippen LogP contribution in [0.3, 0.4) is 0 Å². The average Bonchev–Trinajstić information content (AvgIpc) is 2.65. The molecular formula is C12H23N3. The van der Waals surface area contributed by atoms with Crippen LogP contribution in [-0.2, 0) is 0 Å². The minimum absolute atomic E-state index is 0.405. The zero-order chi connectivity index (χ0) is 11.5. The first-order chi connectivity index (χ1) is 7.02. The summed E-state index contributed by atoms with van der Waals surface area (Å²) in [5, 5.41) is 12.2. The third-order valence-corrected chi connectivity index (χ3v) is 3.50. The number of hydrogen-bond acceptors (Lipinski definition) is 3. The summed E-state index contributed by atoms with van der Waals surface area (Å²) in [5.74, 6) is 0.687. The first-order valence-electron chi connectivity index (χ1n) is 5.86. The maximum atomic E-state index is 9.13. The molecule has 0 aromatic heterocycles. The van der Waals surface area contributed by atoms with Crippen LogP contribution in [0, 0.1) is 17.2 Å². The summed E-state index contributed by atoms with van der Waals surface area (Å²) in [6.45, 7) is 8.49. The molecule has 0 aromatic carbocycles. The number of likely N-dealkylation sites (tertiary alicyclic amines) is 1. The van der Waals surface area contributed by atoms with Crippen LogP contribution in [0.5, 0.6) is 0 Å². The maximum absolute atomic E-state index is 9.13. The Morgan fingerprint density at radius 3 is 2.73 bits per heavy atom. The van der Waals surface area contributed by atoms with Crippen LogP contribution in [0.2, 0.25) is 0 Å². The Kier molecular flexibility index (Phi) is 4.12. The quantitative estimate of drug-likeness (QED) is 0.764. The zero-order valence-corrected chi connectivity index (χ0v) is 10.4. The van der Waals surface area contributed by atoms with E-state index < -0.39 is 5.54 Å². The predicted octanol–water partition coefficient (Wildman–Crippen LogP) is 1.61. The summed E-state index contributed by atoms with van der Waals surface area (Å²) in [7, 11) is 1.86. The molecule has 0 bridgehead atoms. The second-order valence-corrected chi connectivity index (χ2v) is 5.12. The van der Waals surface area contributed by atoms with E-state index in [0.29, 0.717) is 12.0 Å². The lowest BCUT2D eigenvalue weighted by molar-refractivity contribution is 0.174. The normalized spacial score (nSPS) is 26.5. The van der Waals surface area contributed by atoms with Gasteiger partial charge in [0.1, 0.15) is 5.54 Å². The van der Waals surface area contributed by atoms with Crippen molar-refractivity contribution in [1.82, 2.24) is 10.2 Å². The van der Waals surface area contributed by atoms with E-state index in [2.05, 4.69) is 30.1 Å². The van der Waals surface area contributed by atoms with E-state index in [1.807, 2.05) is 14.0 Å². The zero-order valence-electron chi connectivity index (χ0n) is 10.4. The molecule has 1 aliphatic rings. The molecule has 1 aliphatic heterocycles. The average molecular weight is 209 g/mol. The fraction of sp³-hybridized carbons (Fsp3) is 0.917. The lowest BCUT2D eigenvalue weighted by Crippen LogP contribution is -2.50. The van der Waals surface area contributed by atoms with Crippen molar-refractivity contribution in [2.75, 3.05) is 20.1 Å². The van der Waals surface area contributed by atoms with E-state index in [9.17, 15) is 0 Å². The molecule has 1 N–H and O–H groups in total. The van der Waals surface area contributed by atoms with Crippen molar-refractivity contribution < 1.29 is 0 Å². The smallest absolute Gasteiger partial charge is 0.116 e. The van der Waals surface area contributed by atoms with E-state index in [4.69, 9.17) is 5.26 Å². The fourth-order valence-corrected chi connectivity index (χ4v) is 2.38. The highest BCUT2D eigenvalue weighted by atomic mass is 15.2. The van der Waals surface area contributed by atoms with Crippen molar-refractivity contribution in [2.24, 2.45) is 5.92 Å². The fourth-order valence-electron chi connectivity index (χ4n) is 2.38. The summed E-state index contributed by atoms with van der Waals surface area (Å²) < 4.78 is 0. The molecule has 1 heterocycles. The van der Waals surface area contributed by atoms with Gasteiger partial charge in [-0.3, -0.25) is 4.90 Å². The molecule has 0 saturated carbocycles. The Morgan fingerprint density at radius 1 is 1.60 bits per heavy atom. The van der Waals surface area contributed by atoms with Gasteiger partial charge in [0.25, 0.3) is 0 Å². The molecule has 2 atom stereocenters. The highest BCUT2D eigenvalue weighted by Gasteiger charge is 2.33.